The van der Waals surface area contributed by atoms with Gasteiger partial charge in [0.1, 0.15) is 23.4 Å². The minimum absolute atomic E-state index is 0.129. The summed E-state index contributed by atoms with van der Waals surface area (Å²) in [6.07, 6.45) is 0. The number of primary sulfonamides is 1. The molecular weight excluding hydrogens is 632 g/mol. The predicted octanol–water partition coefficient (Wildman–Crippen LogP) is 3.14. The first-order chi connectivity index (χ1) is 21.0. The summed E-state index contributed by atoms with van der Waals surface area (Å²) in [6, 6.07) is 17.3. The molecule has 3 heterocycles. The highest BCUT2D eigenvalue weighted by Crippen LogP contribution is 2.53. The zero-order valence-electron chi connectivity index (χ0n) is 22.8. The smallest absolute Gasteiger partial charge is 0.308 e. The number of halogens is 1. The van der Waals surface area contributed by atoms with Crippen molar-refractivity contribution in [2.24, 2.45) is 11.1 Å². The summed E-state index contributed by atoms with van der Waals surface area (Å²) in [7, 11) is -2.42. The SMILES string of the molecule is COc1ccc(N2C(=O)C3Sc4c(sc(=O)n4CC(=O)Nc4ccc(S(N)(=O)=O)cc4)[C@H](c4ccc(F)cc4)C3C2=O)cc1. The maximum atomic E-state index is 13.9. The van der Waals surface area contributed by atoms with Crippen molar-refractivity contribution >= 4 is 62.2 Å². The van der Waals surface area contributed by atoms with Crippen LogP contribution in [0.1, 0.15) is 16.4 Å². The van der Waals surface area contributed by atoms with Crippen LogP contribution in [-0.4, -0.2) is 43.1 Å². The van der Waals surface area contributed by atoms with Gasteiger partial charge >= 0.3 is 4.87 Å². The van der Waals surface area contributed by atoms with Crippen LogP contribution in [0.2, 0.25) is 0 Å². The molecule has 3 aromatic carbocycles. The number of carbonyl (C=O) groups is 3. The highest BCUT2D eigenvalue weighted by atomic mass is 32.2. The summed E-state index contributed by atoms with van der Waals surface area (Å²) in [4.78, 5) is 55.0. The van der Waals surface area contributed by atoms with Crippen LogP contribution in [0.3, 0.4) is 0 Å². The molecule has 0 spiro atoms. The van der Waals surface area contributed by atoms with Gasteiger partial charge in [0.25, 0.3) is 0 Å². The number of carbonyl (C=O) groups excluding carboxylic acids is 3. The van der Waals surface area contributed by atoms with E-state index in [1.54, 1.807) is 24.3 Å². The van der Waals surface area contributed by atoms with Gasteiger partial charge in [0.15, 0.2) is 0 Å². The second kappa shape index (κ2) is 11.3. The number of methoxy groups -OCH3 is 1. The van der Waals surface area contributed by atoms with E-state index in [-0.39, 0.29) is 10.6 Å². The van der Waals surface area contributed by atoms with Crippen LogP contribution in [0, 0.1) is 11.7 Å². The Morgan fingerprint density at radius 1 is 0.977 bits per heavy atom. The van der Waals surface area contributed by atoms with E-state index in [0.717, 1.165) is 28.0 Å². The third kappa shape index (κ3) is 5.32. The van der Waals surface area contributed by atoms with Crippen LogP contribution >= 0.6 is 23.1 Å². The van der Waals surface area contributed by atoms with Gasteiger partial charge in [-0.3, -0.25) is 23.7 Å². The van der Waals surface area contributed by atoms with E-state index in [4.69, 9.17) is 9.88 Å². The first-order valence-electron chi connectivity index (χ1n) is 13.1. The van der Waals surface area contributed by atoms with Gasteiger partial charge in [-0.25, -0.2) is 22.8 Å². The number of rotatable bonds is 7. The molecule has 2 aliphatic heterocycles. The lowest BCUT2D eigenvalue weighted by Gasteiger charge is -2.30. The lowest BCUT2D eigenvalue weighted by atomic mass is 9.83. The molecule has 4 aromatic rings. The number of nitrogens with two attached hydrogens (primary N) is 1. The summed E-state index contributed by atoms with van der Waals surface area (Å²) in [5.74, 6) is -3.07. The molecule has 2 unspecified atom stereocenters. The molecule has 3 amide bonds. The Labute approximate surface area is 258 Å². The maximum absolute atomic E-state index is 13.9. The van der Waals surface area contributed by atoms with Crippen molar-refractivity contribution in [1.29, 1.82) is 0 Å². The molecule has 3 N–H and O–H groups in total. The first kappa shape index (κ1) is 29.7. The van der Waals surface area contributed by atoms with E-state index in [2.05, 4.69) is 5.32 Å². The lowest BCUT2D eigenvalue weighted by Crippen LogP contribution is -2.33. The van der Waals surface area contributed by atoms with E-state index in [9.17, 15) is 32.0 Å². The van der Waals surface area contributed by atoms with E-state index >= 15 is 0 Å². The molecule has 15 heteroatoms. The Bertz CT molecular complexity index is 1960. The molecular formula is C29H23FN4O7S3. The molecule has 1 aromatic heterocycles. The second-order valence-electron chi connectivity index (χ2n) is 10.0. The summed E-state index contributed by atoms with van der Waals surface area (Å²) in [5, 5.41) is 7.20. The minimum atomic E-state index is -3.92. The average molecular weight is 655 g/mol. The number of ether oxygens (including phenoxy) is 1. The number of aromatic nitrogens is 1. The molecule has 2 aliphatic rings. The summed E-state index contributed by atoms with van der Waals surface area (Å²) < 4.78 is 43.4. The van der Waals surface area contributed by atoms with Crippen molar-refractivity contribution in [3.05, 3.63) is 98.7 Å². The normalized spacial score (nSPS) is 19.4. The minimum Gasteiger partial charge on any atom is -0.497 e. The second-order valence-corrected chi connectivity index (χ2v) is 13.7. The number of thiazole rings is 1. The van der Waals surface area contributed by atoms with Crippen LogP contribution in [-0.2, 0) is 31.0 Å². The number of benzene rings is 3. The third-order valence-electron chi connectivity index (χ3n) is 7.38. The number of thioether (sulfide) groups is 1. The average Bonchev–Trinajstić information content (AvgIpc) is 3.43. The molecule has 1 fully saturated rings. The molecule has 226 valence electrons. The van der Waals surface area contributed by atoms with Crippen LogP contribution in [0.5, 0.6) is 5.75 Å². The quantitative estimate of drug-likeness (QED) is 0.288. The van der Waals surface area contributed by atoms with Gasteiger partial charge in [-0.1, -0.05) is 35.2 Å². The molecule has 0 aliphatic carbocycles. The van der Waals surface area contributed by atoms with Gasteiger partial charge in [0.2, 0.25) is 27.7 Å². The van der Waals surface area contributed by atoms with Crippen LogP contribution in [0.25, 0.3) is 0 Å². The third-order valence-corrected chi connectivity index (χ3v) is 10.9. The van der Waals surface area contributed by atoms with Gasteiger partial charge in [-0.05, 0) is 66.2 Å². The van der Waals surface area contributed by atoms with Crippen LogP contribution < -0.4 is 25.0 Å². The molecule has 0 saturated carbocycles. The number of hydrogen-bond acceptors (Lipinski definition) is 9. The van der Waals surface area contributed by atoms with Crippen molar-refractivity contribution in [1.82, 2.24) is 4.57 Å². The van der Waals surface area contributed by atoms with Gasteiger partial charge < -0.3 is 10.1 Å². The number of imide groups is 1. The fourth-order valence-electron chi connectivity index (χ4n) is 5.34. The Balaban J connectivity index is 1.36. The Morgan fingerprint density at radius 2 is 1.64 bits per heavy atom. The van der Waals surface area contributed by atoms with E-state index in [0.29, 0.717) is 26.9 Å². The molecule has 0 bridgehead atoms. The number of anilines is 2. The fourth-order valence-corrected chi connectivity index (χ4v) is 8.63. The highest BCUT2D eigenvalue weighted by molar-refractivity contribution is 8.00. The number of amides is 3. The van der Waals surface area contributed by atoms with Crippen molar-refractivity contribution in [2.45, 2.75) is 27.6 Å². The Morgan fingerprint density at radius 3 is 2.25 bits per heavy atom. The monoisotopic (exact) mass is 654 g/mol. The Kier molecular flexibility index (Phi) is 7.65. The fraction of sp³-hybridized carbons (Fsp3) is 0.172. The van der Waals surface area contributed by atoms with E-state index in [1.807, 2.05) is 0 Å². The summed E-state index contributed by atoms with van der Waals surface area (Å²) >= 11 is 1.91. The molecule has 0 radical (unpaired) electrons. The zero-order valence-corrected chi connectivity index (χ0v) is 25.2. The lowest BCUT2D eigenvalue weighted by molar-refractivity contribution is -0.122. The van der Waals surface area contributed by atoms with Gasteiger partial charge in [0.05, 0.1) is 28.6 Å². The summed E-state index contributed by atoms with van der Waals surface area (Å²) in [5.41, 5.74) is 1.19. The predicted molar refractivity (Wildman–Crippen MR) is 162 cm³/mol. The van der Waals surface area contributed by atoms with Crippen molar-refractivity contribution in [3.63, 3.8) is 0 Å². The molecule has 3 atom stereocenters. The largest absolute Gasteiger partial charge is 0.497 e. The standard InChI is InChI=1S/C29H23FN4O7S3/c1-41-19-10-8-18(9-11-19)34-26(36)23-22(15-2-4-16(30)5-3-15)25-28(42-24(23)27(34)37)33(29(38)43-25)14-21(35)32-17-6-12-20(13-7-17)44(31,39)40/h2-13,22-24H,14H2,1H3,(H,32,35)(H2,31,39,40)/t22-,23?,24?/m1/s1. The number of nitrogens with zero attached hydrogens (tertiary/aromatic N) is 2. The zero-order chi connectivity index (χ0) is 31.3. The van der Waals surface area contributed by atoms with Crippen molar-refractivity contribution < 1.29 is 31.9 Å². The number of fused-ring (bicyclic) bond motifs is 2. The first-order valence-corrected chi connectivity index (χ1v) is 16.3. The van der Waals surface area contributed by atoms with Crippen LogP contribution in [0.4, 0.5) is 15.8 Å². The van der Waals surface area contributed by atoms with E-state index in [1.165, 1.54) is 60.2 Å². The molecule has 44 heavy (non-hydrogen) atoms. The maximum Gasteiger partial charge on any atom is 0.308 e. The molecule has 1 saturated heterocycles. The molecule has 11 nitrogen and oxygen atoms in total. The van der Waals surface area contributed by atoms with Crippen molar-refractivity contribution in [3.8, 4) is 5.75 Å². The number of hydrogen-bond donors (Lipinski definition) is 2. The van der Waals surface area contributed by atoms with Gasteiger partial charge in [-0.15, -0.1) is 0 Å². The number of sulfonamides is 1. The summed E-state index contributed by atoms with van der Waals surface area (Å²) in [6.45, 7) is -0.410. The Hall–Kier alpha value is -4.31. The molecule has 6 rings (SSSR count). The van der Waals surface area contributed by atoms with Crippen molar-refractivity contribution in [2.75, 3.05) is 17.3 Å². The van der Waals surface area contributed by atoms with Gasteiger partial charge in [-0.2, -0.15) is 0 Å². The van der Waals surface area contributed by atoms with E-state index < -0.39 is 62.1 Å². The highest BCUT2D eigenvalue weighted by Gasteiger charge is 2.56. The number of nitrogens with one attached hydrogen (secondary N) is 1. The van der Waals surface area contributed by atoms with Crippen LogP contribution in [0.15, 0.2) is 87.5 Å². The van der Waals surface area contributed by atoms with Gasteiger partial charge in [0, 0.05) is 16.5 Å². The topological polar surface area (TPSA) is 158 Å².